The fraction of sp³-hybridized carbons (Fsp3) is 0.944. The number of aliphatic hydroxyl groups is 1. The number of carboxylic acids is 1. The second-order valence-electron chi connectivity index (χ2n) is 7.58. The molecular formula is C18H30O4. The van der Waals surface area contributed by atoms with Crippen molar-refractivity contribution in [1.29, 1.82) is 0 Å². The average Bonchev–Trinajstić information content (AvgIpc) is 3.07. The molecule has 22 heavy (non-hydrogen) atoms. The maximum absolute atomic E-state index is 12.2. The summed E-state index contributed by atoms with van der Waals surface area (Å²) in [7, 11) is 0. The Balaban J connectivity index is 1.98. The van der Waals surface area contributed by atoms with Crippen molar-refractivity contribution < 1.29 is 19.7 Å². The van der Waals surface area contributed by atoms with Crippen molar-refractivity contribution in [1.82, 2.24) is 0 Å². The number of carboxylic acid groups (broad SMARTS) is 1. The summed E-state index contributed by atoms with van der Waals surface area (Å²) in [5.74, 6) is -0.777. The Morgan fingerprint density at radius 3 is 1.77 bits per heavy atom. The first kappa shape index (κ1) is 16.3. The predicted octanol–water partition coefficient (Wildman–Crippen LogP) is 3.51. The van der Waals surface area contributed by atoms with Gasteiger partial charge in [0.2, 0.25) is 0 Å². The topological polar surface area (TPSA) is 66.8 Å². The van der Waals surface area contributed by atoms with Crippen LogP contribution < -0.4 is 0 Å². The normalized spacial score (nSPS) is 32.2. The van der Waals surface area contributed by atoms with Crippen LogP contribution in [-0.2, 0) is 9.53 Å². The minimum Gasteiger partial charge on any atom is -0.479 e. The second kappa shape index (κ2) is 6.48. The lowest BCUT2D eigenvalue weighted by Crippen LogP contribution is -2.66. The van der Waals surface area contributed by atoms with Gasteiger partial charge in [-0.3, -0.25) is 0 Å². The number of hydrogen-bond donors (Lipinski definition) is 2. The molecule has 0 spiro atoms. The summed E-state index contributed by atoms with van der Waals surface area (Å²) in [6.45, 7) is 0.466. The van der Waals surface area contributed by atoms with Crippen LogP contribution in [0.5, 0.6) is 0 Å². The van der Waals surface area contributed by atoms with Gasteiger partial charge in [0, 0.05) is 6.61 Å². The van der Waals surface area contributed by atoms with Gasteiger partial charge in [0.25, 0.3) is 0 Å². The van der Waals surface area contributed by atoms with Crippen LogP contribution in [0.3, 0.4) is 0 Å². The maximum atomic E-state index is 12.2. The molecule has 2 aliphatic carbocycles. The van der Waals surface area contributed by atoms with E-state index in [2.05, 4.69) is 0 Å². The van der Waals surface area contributed by atoms with Gasteiger partial charge in [-0.1, -0.05) is 38.5 Å². The van der Waals surface area contributed by atoms with Gasteiger partial charge in [-0.15, -0.1) is 0 Å². The molecule has 1 heterocycles. The molecule has 1 unspecified atom stereocenters. The largest absolute Gasteiger partial charge is 0.479 e. The molecule has 4 nitrogen and oxygen atoms in total. The molecule has 1 atom stereocenters. The molecule has 3 fully saturated rings. The molecule has 126 valence electrons. The van der Waals surface area contributed by atoms with Gasteiger partial charge in [0.15, 0.2) is 5.60 Å². The predicted molar refractivity (Wildman–Crippen MR) is 83.7 cm³/mol. The van der Waals surface area contributed by atoms with E-state index in [0.717, 1.165) is 57.8 Å². The van der Waals surface area contributed by atoms with E-state index in [9.17, 15) is 15.0 Å². The first-order valence-corrected chi connectivity index (χ1v) is 9.21. The van der Waals surface area contributed by atoms with Crippen molar-refractivity contribution in [3.8, 4) is 0 Å². The second-order valence-corrected chi connectivity index (χ2v) is 7.58. The summed E-state index contributed by atoms with van der Waals surface area (Å²) < 4.78 is 5.82. The molecule has 3 aliphatic rings. The van der Waals surface area contributed by atoms with Gasteiger partial charge in [-0.2, -0.15) is 0 Å². The molecule has 3 rings (SSSR count). The number of ether oxygens (including phenoxy) is 1. The van der Waals surface area contributed by atoms with Gasteiger partial charge in [0.05, 0.1) is 0 Å². The van der Waals surface area contributed by atoms with E-state index < -0.39 is 17.2 Å². The first-order valence-electron chi connectivity index (χ1n) is 9.21. The van der Waals surface area contributed by atoms with Crippen LogP contribution >= 0.6 is 0 Å². The molecule has 0 radical (unpaired) electrons. The Hall–Kier alpha value is -0.610. The molecule has 2 N–H and O–H groups in total. The summed E-state index contributed by atoms with van der Waals surface area (Å²) in [4.78, 5) is 12.2. The molecule has 0 bridgehead atoms. The molecule has 4 heteroatoms. The minimum atomic E-state index is -1.36. The standard InChI is InChI=1S/C18H30O4/c19-16(20)17(12-7-13-22-17)18(21,14-8-3-1-4-9-14)15-10-5-2-6-11-15/h14-15,21H,1-13H2,(H,19,20). The van der Waals surface area contributed by atoms with Crippen LogP contribution in [-0.4, -0.2) is 34.0 Å². The highest BCUT2D eigenvalue weighted by molar-refractivity contribution is 5.80. The van der Waals surface area contributed by atoms with Crippen molar-refractivity contribution in [3.05, 3.63) is 0 Å². The summed E-state index contributed by atoms with van der Waals surface area (Å²) in [6, 6.07) is 0. The van der Waals surface area contributed by atoms with Gasteiger partial charge in [-0.25, -0.2) is 4.79 Å². The molecule has 0 aromatic heterocycles. The molecule has 0 aromatic rings. The summed E-state index contributed by atoms with van der Waals surface area (Å²) in [5.41, 5.74) is -2.55. The molecule has 2 saturated carbocycles. The SMILES string of the molecule is O=C(O)C1(C(O)(C2CCCCC2)C2CCCCC2)CCCO1. The van der Waals surface area contributed by atoms with Gasteiger partial charge in [-0.05, 0) is 50.4 Å². The molecule has 0 aromatic carbocycles. The lowest BCUT2D eigenvalue weighted by atomic mass is 9.58. The summed E-state index contributed by atoms with van der Waals surface area (Å²) in [5, 5.41) is 21.9. The summed E-state index contributed by atoms with van der Waals surface area (Å²) in [6.07, 6.45) is 11.8. The average molecular weight is 310 g/mol. The van der Waals surface area contributed by atoms with E-state index in [4.69, 9.17) is 4.74 Å². The Morgan fingerprint density at radius 1 is 0.909 bits per heavy atom. The van der Waals surface area contributed by atoms with Crippen molar-refractivity contribution in [2.45, 2.75) is 88.3 Å². The Labute approximate surface area is 133 Å². The molecule has 1 saturated heterocycles. The third-order valence-corrected chi connectivity index (χ3v) is 6.47. The maximum Gasteiger partial charge on any atom is 0.339 e. The molecule has 1 aliphatic heterocycles. The fourth-order valence-electron chi connectivity index (χ4n) is 5.37. The molecule has 0 amide bonds. The number of carbonyl (C=O) groups is 1. The lowest BCUT2D eigenvalue weighted by molar-refractivity contribution is -0.233. The minimum absolute atomic E-state index is 0.0820. The van der Waals surface area contributed by atoms with Crippen LogP contribution in [0.2, 0.25) is 0 Å². The van der Waals surface area contributed by atoms with Crippen LogP contribution in [0.4, 0.5) is 0 Å². The highest BCUT2D eigenvalue weighted by Gasteiger charge is 2.64. The third kappa shape index (κ3) is 2.48. The zero-order valence-corrected chi connectivity index (χ0v) is 13.6. The zero-order valence-electron chi connectivity index (χ0n) is 13.6. The van der Waals surface area contributed by atoms with Crippen molar-refractivity contribution in [3.63, 3.8) is 0 Å². The van der Waals surface area contributed by atoms with Gasteiger partial charge in [0.1, 0.15) is 5.60 Å². The smallest absolute Gasteiger partial charge is 0.339 e. The van der Waals surface area contributed by atoms with Gasteiger partial charge < -0.3 is 14.9 Å². The Bertz CT molecular complexity index is 370. The van der Waals surface area contributed by atoms with E-state index in [-0.39, 0.29) is 11.8 Å². The van der Waals surface area contributed by atoms with E-state index in [1.54, 1.807) is 0 Å². The van der Waals surface area contributed by atoms with Crippen molar-refractivity contribution >= 4 is 5.97 Å². The van der Waals surface area contributed by atoms with Crippen LogP contribution in [0.25, 0.3) is 0 Å². The number of hydrogen-bond acceptors (Lipinski definition) is 3. The van der Waals surface area contributed by atoms with Crippen LogP contribution in [0.1, 0.15) is 77.0 Å². The number of rotatable bonds is 4. The van der Waals surface area contributed by atoms with Crippen LogP contribution in [0.15, 0.2) is 0 Å². The fourth-order valence-corrected chi connectivity index (χ4v) is 5.37. The highest BCUT2D eigenvalue weighted by Crippen LogP contribution is 2.52. The highest BCUT2D eigenvalue weighted by atomic mass is 16.5. The van der Waals surface area contributed by atoms with E-state index in [0.29, 0.717) is 13.0 Å². The third-order valence-electron chi connectivity index (χ3n) is 6.47. The quantitative estimate of drug-likeness (QED) is 0.834. The molecular weight excluding hydrogens is 280 g/mol. The van der Waals surface area contributed by atoms with E-state index in [1.165, 1.54) is 12.8 Å². The zero-order chi connectivity index (χ0) is 15.6. The Kier molecular flexibility index (Phi) is 4.79. The first-order chi connectivity index (χ1) is 10.6. The lowest BCUT2D eigenvalue weighted by Gasteiger charge is -2.52. The Morgan fingerprint density at radius 2 is 1.41 bits per heavy atom. The van der Waals surface area contributed by atoms with Crippen molar-refractivity contribution in [2.24, 2.45) is 11.8 Å². The van der Waals surface area contributed by atoms with Crippen LogP contribution in [0, 0.1) is 11.8 Å². The number of aliphatic carboxylic acids is 1. The summed E-state index contributed by atoms with van der Waals surface area (Å²) >= 11 is 0. The monoisotopic (exact) mass is 310 g/mol. The van der Waals surface area contributed by atoms with Gasteiger partial charge >= 0.3 is 5.97 Å². The van der Waals surface area contributed by atoms with E-state index >= 15 is 0 Å². The van der Waals surface area contributed by atoms with E-state index in [1.807, 2.05) is 0 Å². The van der Waals surface area contributed by atoms with Crippen molar-refractivity contribution in [2.75, 3.05) is 6.61 Å².